The summed E-state index contributed by atoms with van der Waals surface area (Å²) in [6, 6.07) is 0. The Balaban J connectivity index is 2.25. The molecule has 1 aromatic rings. The summed E-state index contributed by atoms with van der Waals surface area (Å²) < 4.78 is 0. The fraction of sp³-hybridized carbons (Fsp3) is 0.625. The number of aromatic nitrogens is 2. The minimum Gasteiger partial charge on any atom is -0.330 e. The van der Waals surface area contributed by atoms with Crippen molar-refractivity contribution in [1.29, 1.82) is 0 Å². The topological polar surface area (TPSA) is 54.7 Å². The van der Waals surface area contributed by atoms with Crippen molar-refractivity contribution >= 4 is 0 Å². The first-order valence-electron chi connectivity index (χ1n) is 4.07. The number of nitrogens with zero attached hydrogens (tertiary/aromatic N) is 1. The average Bonchev–Trinajstić information content (AvgIpc) is 2.39. The van der Waals surface area contributed by atoms with Crippen LogP contribution in [-0.2, 0) is 5.41 Å². The third-order valence-corrected chi connectivity index (χ3v) is 2.81. The molecule has 0 spiro atoms. The van der Waals surface area contributed by atoms with E-state index in [-0.39, 0.29) is 5.41 Å². The van der Waals surface area contributed by atoms with Crippen molar-refractivity contribution in [2.24, 2.45) is 5.73 Å². The van der Waals surface area contributed by atoms with Crippen LogP contribution in [0.15, 0.2) is 12.4 Å². The Morgan fingerprint density at radius 2 is 2.45 bits per heavy atom. The van der Waals surface area contributed by atoms with Crippen LogP contribution in [0.4, 0.5) is 0 Å². The highest BCUT2D eigenvalue weighted by molar-refractivity contribution is 5.22. The van der Waals surface area contributed by atoms with Gasteiger partial charge in [0.15, 0.2) is 0 Å². The second-order valence-electron chi connectivity index (χ2n) is 3.32. The maximum Gasteiger partial charge on any atom is 0.0525 e. The van der Waals surface area contributed by atoms with E-state index in [1.54, 1.807) is 0 Å². The molecule has 1 aromatic heterocycles. The summed E-state index contributed by atoms with van der Waals surface area (Å²) in [6.07, 6.45) is 7.62. The van der Waals surface area contributed by atoms with Gasteiger partial charge in [0, 0.05) is 18.2 Å². The third kappa shape index (κ3) is 0.878. The fourth-order valence-corrected chi connectivity index (χ4v) is 1.76. The third-order valence-electron chi connectivity index (χ3n) is 2.81. The highest BCUT2D eigenvalue weighted by Gasteiger charge is 2.37. The molecule has 1 saturated carbocycles. The Kier molecular flexibility index (Phi) is 1.46. The van der Waals surface area contributed by atoms with Crippen molar-refractivity contribution < 1.29 is 0 Å². The predicted octanol–water partition coefficient (Wildman–Crippen LogP) is 0.790. The van der Waals surface area contributed by atoms with E-state index in [0.717, 1.165) is 6.54 Å². The average molecular weight is 151 g/mol. The molecule has 2 rings (SSSR count). The zero-order valence-corrected chi connectivity index (χ0v) is 6.51. The molecule has 3 nitrogen and oxygen atoms in total. The summed E-state index contributed by atoms with van der Waals surface area (Å²) in [4.78, 5) is 0. The van der Waals surface area contributed by atoms with Gasteiger partial charge in [-0.15, -0.1) is 0 Å². The molecule has 11 heavy (non-hydrogen) atoms. The summed E-state index contributed by atoms with van der Waals surface area (Å²) in [5, 5.41) is 6.77. The largest absolute Gasteiger partial charge is 0.330 e. The first kappa shape index (κ1) is 6.85. The lowest BCUT2D eigenvalue weighted by molar-refractivity contribution is 0.253. The second kappa shape index (κ2) is 2.34. The van der Waals surface area contributed by atoms with E-state index in [0.29, 0.717) is 0 Å². The molecule has 0 aliphatic heterocycles. The molecule has 1 aliphatic rings. The summed E-state index contributed by atoms with van der Waals surface area (Å²) in [5.74, 6) is 0. The molecule has 0 saturated heterocycles. The minimum atomic E-state index is 0.271. The number of aromatic amines is 1. The Bertz CT molecular complexity index is 218. The highest BCUT2D eigenvalue weighted by atomic mass is 15.1. The molecule has 60 valence electrons. The summed E-state index contributed by atoms with van der Waals surface area (Å²) >= 11 is 0. The molecular weight excluding hydrogens is 138 g/mol. The Hall–Kier alpha value is -0.830. The molecule has 1 aliphatic carbocycles. The van der Waals surface area contributed by atoms with Gasteiger partial charge in [-0.3, -0.25) is 5.10 Å². The first-order chi connectivity index (χ1) is 5.37. The summed E-state index contributed by atoms with van der Waals surface area (Å²) in [5.41, 5.74) is 7.27. The van der Waals surface area contributed by atoms with Gasteiger partial charge in [0.2, 0.25) is 0 Å². The molecule has 0 amide bonds. The SMILES string of the molecule is NCC1(c2cn[nH]c2)CCC1. The second-order valence-corrected chi connectivity index (χ2v) is 3.32. The van der Waals surface area contributed by atoms with Crippen molar-refractivity contribution in [1.82, 2.24) is 10.2 Å². The van der Waals surface area contributed by atoms with Crippen LogP contribution in [0.3, 0.4) is 0 Å². The number of hydrogen-bond acceptors (Lipinski definition) is 2. The molecule has 0 bridgehead atoms. The molecule has 0 atom stereocenters. The van der Waals surface area contributed by atoms with Gasteiger partial charge in [0.1, 0.15) is 0 Å². The van der Waals surface area contributed by atoms with E-state index < -0.39 is 0 Å². The number of H-pyrrole nitrogens is 1. The highest BCUT2D eigenvalue weighted by Crippen LogP contribution is 2.42. The molecular formula is C8H13N3. The zero-order chi connectivity index (χ0) is 7.73. The lowest BCUT2D eigenvalue weighted by atomic mass is 9.65. The van der Waals surface area contributed by atoms with Gasteiger partial charge in [0.25, 0.3) is 0 Å². The van der Waals surface area contributed by atoms with Gasteiger partial charge in [-0.25, -0.2) is 0 Å². The Morgan fingerprint density at radius 3 is 2.82 bits per heavy atom. The van der Waals surface area contributed by atoms with Crippen molar-refractivity contribution in [3.63, 3.8) is 0 Å². The first-order valence-corrected chi connectivity index (χ1v) is 4.07. The molecule has 0 radical (unpaired) electrons. The lowest BCUT2D eigenvalue weighted by Gasteiger charge is -2.40. The van der Waals surface area contributed by atoms with E-state index in [4.69, 9.17) is 5.73 Å². The van der Waals surface area contributed by atoms with Gasteiger partial charge < -0.3 is 5.73 Å². The van der Waals surface area contributed by atoms with Gasteiger partial charge in [-0.05, 0) is 18.4 Å². The van der Waals surface area contributed by atoms with Crippen LogP contribution in [0.2, 0.25) is 0 Å². The quantitative estimate of drug-likeness (QED) is 0.656. The normalized spacial score (nSPS) is 21.2. The number of rotatable bonds is 2. The Morgan fingerprint density at radius 1 is 1.64 bits per heavy atom. The van der Waals surface area contributed by atoms with Gasteiger partial charge in [0.05, 0.1) is 6.20 Å². The molecule has 1 heterocycles. The fourth-order valence-electron chi connectivity index (χ4n) is 1.76. The van der Waals surface area contributed by atoms with E-state index in [1.165, 1.54) is 24.8 Å². The van der Waals surface area contributed by atoms with Crippen molar-refractivity contribution in [3.05, 3.63) is 18.0 Å². The van der Waals surface area contributed by atoms with Crippen LogP contribution in [0, 0.1) is 0 Å². The molecule has 1 fully saturated rings. The van der Waals surface area contributed by atoms with Crippen molar-refractivity contribution in [2.45, 2.75) is 24.7 Å². The standard InChI is InChI=1S/C8H13N3/c9-6-8(2-1-3-8)7-4-10-11-5-7/h4-5H,1-3,6,9H2,(H,10,11). The van der Waals surface area contributed by atoms with Gasteiger partial charge >= 0.3 is 0 Å². The van der Waals surface area contributed by atoms with Crippen LogP contribution in [0.5, 0.6) is 0 Å². The van der Waals surface area contributed by atoms with Crippen LogP contribution in [0.25, 0.3) is 0 Å². The van der Waals surface area contributed by atoms with Crippen LogP contribution in [-0.4, -0.2) is 16.7 Å². The van der Waals surface area contributed by atoms with Crippen LogP contribution >= 0.6 is 0 Å². The summed E-state index contributed by atoms with van der Waals surface area (Å²) in [7, 11) is 0. The minimum absolute atomic E-state index is 0.271. The molecule has 3 N–H and O–H groups in total. The van der Waals surface area contributed by atoms with Crippen molar-refractivity contribution in [3.8, 4) is 0 Å². The molecule has 0 unspecified atom stereocenters. The van der Waals surface area contributed by atoms with E-state index >= 15 is 0 Å². The smallest absolute Gasteiger partial charge is 0.0525 e. The number of nitrogens with one attached hydrogen (secondary N) is 1. The van der Waals surface area contributed by atoms with Crippen LogP contribution < -0.4 is 5.73 Å². The number of hydrogen-bond donors (Lipinski definition) is 2. The molecule has 0 aromatic carbocycles. The van der Waals surface area contributed by atoms with Crippen LogP contribution in [0.1, 0.15) is 24.8 Å². The maximum absolute atomic E-state index is 5.72. The zero-order valence-electron chi connectivity index (χ0n) is 6.51. The Labute approximate surface area is 66.0 Å². The predicted molar refractivity (Wildman–Crippen MR) is 43.2 cm³/mol. The van der Waals surface area contributed by atoms with Crippen molar-refractivity contribution in [2.75, 3.05) is 6.54 Å². The van der Waals surface area contributed by atoms with E-state index in [2.05, 4.69) is 10.2 Å². The number of nitrogens with two attached hydrogens (primary N) is 1. The van der Waals surface area contributed by atoms with Gasteiger partial charge in [-0.1, -0.05) is 6.42 Å². The van der Waals surface area contributed by atoms with E-state index in [1.807, 2.05) is 12.4 Å². The maximum atomic E-state index is 5.72. The lowest BCUT2D eigenvalue weighted by Crippen LogP contribution is -2.41. The van der Waals surface area contributed by atoms with Gasteiger partial charge in [-0.2, -0.15) is 5.10 Å². The molecule has 3 heteroatoms. The summed E-state index contributed by atoms with van der Waals surface area (Å²) in [6.45, 7) is 0.756. The van der Waals surface area contributed by atoms with E-state index in [9.17, 15) is 0 Å². The monoisotopic (exact) mass is 151 g/mol.